The van der Waals surface area contributed by atoms with Gasteiger partial charge in [0.05, 0.1) is 30.8 Å². The Hall–Kier alpha value is -1.74. The molecule has 1 aromatic rings. The minimum atomic E-state index is -0.471. The van der Waals surface area contributed by atoms with E-state index in [1.54, 1.807) is 12.1 Å². The number of nitro groups is 1. The molecule has 1 atom stereocenters. The average molecular weight is 282 g/mol. The Kier molecular flexibility index (Phi) is 4.85. The summed E-state index contributed by atoms with van der Waals surface area (Å²) in [6.07, 6.45) is 0. The number of nitrogen functional groups attached to an aromatic ring is 1. The first kappa shape index (κ1) is 14.7. The van der Waals surface area contributed by atoms with Gasteiger partial charge < -0.3 is 15.3 Å². The molecule has 20 heavy (non-hydrogen) atoms. The molecule has 1 aromatic carbocycles. The molecule has 1 aliphatic heterocycles. The summed E-state index contributed by atoms with van der Waals surface area (Å²) in [6.45, 7) is 2.29. The molecular formula is C12H18N4O4. The number of morpholine rings is 1. The number of nitrogens with zero attached hydrogens (tertiary/aromatic N) is 2. The summed E-state index contributed by atoms with van der Waals surface area (Å²) in [6, 6.07) is 4.79. The number of aliphatic hydroxyl groups excluding tert-OH is 1. The van der Waals surface area contributed by atoms with Crippen molar-refractivity contribution in [3.8, 4) is 0 Å². The van der Waals surface area contributed by atoms with Gasteiger partial charge in [0, 0.05) is 19.2 Å². The lowest BCUT2D eigenvalue weighted by Crippen LogP contribution is -2.46. The summed E-state index contributed by atoms with van der Waals surface area (Å²) >= 11 is 0. The lowest BCUT2D eigenvalue weighted by molar-refractivity contribution is -0.384. The van der Waals surface area contributed by atoms with Gasteiger partial charge in [-0.05, 0) is 11.6 Å². The number of rotatable bonds is 5. The summed E-state index contributed by atoms with van der Waals surface area (Å²) in [7, 11) is 0. The number of nitrogens with two attached hydrogens (primary N) is 1. The van der Waals surface area contributed by atoms with Gasteiger partial charge >= 0.3 is 0 Å². The van der Waals surface area contributed by atoms with Crippen molar-refractivity contribution in [3.63, 3.8) is 0 Å². The Balaban J connectivity index is 2.16. The second-order valence-corrected chi connectivity index (χ2v) is 4.63. The standard InChI is InChI=1S/C12H18N4O4/c13-14-11-2-1-9(5-12(11)16(18)19)6-15-3-4-20-8-10(15)7-17/h1-2,5,10,14,17H,3-4,6-8,13H2. The molecule has 0 aromatic heterocycles. The maximum Gasteiger partial charge on any atom is 0.293 e. The molecule has 0 amide bonds. The molecule has 8 heteroatoms. The third kappa shape index (κ3) is 3.23. The Bertz CT molecular complexity index is 483. The molecule has 1 aliphatic rings. The molecule has 1 fully saturated rings. The highest BCUT2D eigenvalue weighted by Crippen LogP contribution is 2.25. The SMILES string of the molecule is NNc1ccc(CN2CCOCC2CO)cc1[N+](=O)[O-]. The molecule has 1 saturated heterocycles. The number of ether oxygens (including phenoxy) is 1. The molecule has 0 bridgehead atoms. The fraction of sp³-hybridized carbons (Fsp3) is 0.500. The fourth-order valence-electron chi connectivity index (χ4n) is 2.25. The summed E-state index contributed by atoms with van der Waals surface area (Å²) < 4.78 is 5.30. The minimum absolute atomic E-state index is 0.00450. The van der Waals surface area contributed by atoms with Crippen molar-refractivity contribution in [2.24, 2.45) is 5.84 Å². The van der Waals surface area contributed by atoms with E-state index < -0.39 is 4.92 Å². The van der Waals surface area contributed by atoms with Crippen LogP contribution in [0.15, 0.2) is 18.2 Å². The van der Waals surface area contributed by atoms with Crippen molar-refractivity contribution in [1.82, 2.24) is 4.90 Å². The van der Waals surface area contributed by atoms with Crippen molar-refractivity contribution in [2.45, 2.75) is 12.6 Å². The van der Waals surface area contributed by atoms with Gasteiger partial charge in [0.15, 0.2) is 0 Å². The number of hydrogen-bond donors (Lipinski definition) is 3. The molecule has 0 saturated carbocycles. The monoisotopic (exact) mass is 282 g/mol. The third-order valence-electron chi connectivity index (χ3n) is 3.36. The molecule has 0 spiro atoms. The van der Waals surface area contributed by atoms with Gasteiger partial charge in [-0.2, -0.15) is 0 Å². The van der Waals surface area contributed by atoms with Crippen molar-refractivity contribution >= 4 is 11.4 Å². The molecule has 0 aliphatic carbocycles. The Morgan fingerprint density at radius 3 is 3.05 bits per heavy atom. The molecular weight excluding hydrogens is 264 g/mol. The van der Waals surface area contributed by atoms with Crippen molar-refractivity contribution in [1.29, 1.82) is 0 Å². The van der Waals surface area contributed by atoms with Crippen LogP contribution < -0.4 is 11.3 Å². The highest BCUT2D eigenvalue weighted by atomic mass is 16.6. The number of anilines is 1. The van der Waals surface area contributed by atoms with Crippen LogP contribution in [0, 0.1) is 10.1 Å². The minimum Gasteiger partial charge on any atom is -0.395 e. The summed E-state index contributed by atoms with van der Waals surface area (Å²) in [5, 5.41) is 20.3. The molecule has 8 nitrogen and oxygen atoms in total. The van der Waals surface area contributed by atoms with E-state index in [1.165, 1.54) is 6.07 Å². The van der Waals surface area contributed by atoms with Crippen LogP contribution in [0.3, 0.4) is 0 Å². The summed E-state index contributed by atoms with van der Waals surface area (Å²) in [5.74, 6) is 5.25. The van der Waals surface area contributed by atoms with Gasteiger partial charge in [0.2, 0.25) is 0 Å². The van der Waals surface area contributed by atoms with Crippen LogP contribution in [-0.2, 0) is 11.3 Å². The second-order valence-electron chi connectivity index (χ2n) is 4.63. The van der Waals surface area contributed by atoms with Gasteiger partial charge in [0.25, 0.3) is 5.69 Å². The normalized spacial score (nSPS) is 19.8. The van der Waals surface area contributed by atoms with E-state index in [2.05, 4.69) is 10.3 Å². The van der Waals surface area contributed by atoms with Crippen LogP contribution in [0.4, 0.5) is 11.4 Å². The van der Waals surface area contributed by atoms with E-state index in [0.717, 1.165) is 5.56 Å². The zero-order valence-electron chi connectivity index (χ0n) is 11.0. The smallest absolute Gasteiger partial charge is 0.293 e. The predicted octanol–water partition coefficient (Wildman–Crippen LogP) is 0.0735. The van der Waals surface area contributed by atoms with E-state index in [0.29, 0.717) is 26.3 Å². The van der Waals surface area contributed by atoms with Crippen molar-refractivity contribution in [3.05, 3.63) is 33.9 Å². The zero-order valence-corrected chi connectivity index (χ0v) is 11.0. The van der Waals surface area contributed by atoms with Crippen LogP contribution in [-0.4, -0.2) is 47.3 Å². The zero-order chi connectivity index (χ0) is 14.5. The lowest BCUT2D eigenvalue weighted by Gasteiger charge is -2.34. The van der Waals surface area contributed by atoms with E-state index >= 15 is 0 Å². The second kappa shape index (κ2) is 6.62. The molecule has 1 unspecified atom stereocenters. The maximum absolute atomic E-state index is 11.0. The van der Waals surface area contributed by atoms with Crippen LogP contribution in [0.5, 0.6) is 0 Å². The maximum atomic E-state index is 11.0. The highest BCUT2D eigenvalue weighted by molar-refractivity contribution is 5.61. The van der Waals surface area contributed by atoms with Gasteiger partial charge in [-0.3, -0.25) is 20.9 Å². The average Bonchev–Trinajstić information content (AvgIpc) is 2.47. The van der Waals surface area contributed by atoms with E-state index in [-0.39, 0.29) is 24.0 Å². The quantitative estimate of drug-likeness (QED) is 0.398. The lowest BCUT2D eigenvalue weighted by atomic mass is 10.1. The van der Waals surface area contributed by atoms with E-state index in [9.17, 15) is 15.2 Å². The molecule has 110 valence electrons. The van der Waals surface area contributed by atoms with Crippen LogP contribution in [0.25, 0.3) is 0 Å². The van der Waals surface area contributed by atoms with Gasteiger partial charge in [-0.25, -0.2) is 0 Å². The first-order valence-electron chi connectivity index (χ1n) is 6.32. The number of hydrogen-bond acceptors (Lipinski definition) is 7. The topological polar surface area (TPSA) is 114 Å². The Morgan fingerprint density at radius 2 is 2.40 bits per heavy atom. The summed E-state index contributed by atoms with van der Waals surface area (Å²) in [4.78, 5) is 12.6. The van der Waals surface area contributed by atoms with Gasteiger partial charge in [-0.1, -0.05) is 6.07 Å². The number of aliphatic hydroxyl groups is 1. The number of nitrogens with one attached hydrogen (secondary N) is 1. The first-order chi connectivity index (χ1) is 9.65. The van der Waals surface area contributed by atoms with Crippen LogP contribution >= 0.6 is 0 Å². The molecule has 1 heterocycles. The Labute approximate surface area is 116 Å². The van der Waals surface area contributed by atoms with Gasteiger partial charge in [0.1, 0.15) is 5.69 Å². The number of benzene rings is 1. The van der Waals surface area contributed by atoms with Gasteiger partial charge in [-0.15, -0.1) is 0 Å². The van der Waals surface area contributed by atoms with Crippen LogP contribution in [0.1, 0.15) is 5.56 Å². The molecule has 4 N–H and O–H groups in total. The largest absolute Gasteiger partial charge is 0.395 e. The van der Waals surface area contributed by atoms with Crippen LogP contribution in [0.2, 0.25) is 0 Å². The highest BCUT2D eigenvalue weighted by Gasteiger charge is 2.23. The van der Waals surface area contributed by atoms with E-state index in [4.69, 9.17) is 10.6 Å². The van der Waals surface area contributed by atoms with Crippen molar-refractivity contribution in [2.75, 3.05) is 31.8 Å². The number of hydrazine groups is 1. The summed E-state index contributed by atoms with van der Waals surface area (Å²) in [5.41, 5.74) is 3.33. The third-order valence-corrected chi connectivity index (χ3v) is 3.36. The fourth-order valence-corrected chi connectivity index (χ4v) is 2.25. The van der Waals surface area contributed by atoms with Crippen molar-refractivity contribution < 1.29 is 14.8 Å². The number of nitro benzene ring substituents is 1. The molecule has 0 radical (unpaired) electrons. The Morgan fingerprint density at radius 1 is 1.60 bits per heavy atom. The van der Waals surface area contributed by atoms with E-state index in [1.807, 2.05) is 0 Å². The predicted molar refractivity (Wildman–Crippen MR) is 73.0 cm³/mol. The molecule has 2 rings (SSSR count). The first-order valence-corrected chi connectivity index (χ1v) is 6.32.